The first-order chi connectivity index (χ1) is 16.9. The molecule has 1 heterocycles. The molecule has 2 N–H and O–H groups in total. The minimum Gasteiger partial charge on any atom is -0.508 e. The average Bonchev–Trinajstić information content (AvgIpc) is 3.11. The number of amides is 1. The molecule has 0 radical (unpaired) electrons. The SMILES string of the molecule is CCCCOc1cccc(/C(O)=C2\C(=O)C(=O)N(CCCN(CC)CC)C2c2cccc(O)c2)c1. The molecular weight excluding hydrogens is 444 g/mol. The number of carbonyl (C=O) groups is 2. The largest absolute Gasteiger partial charge is 0.508 e. The normalized spacial score (nSPS) is 17.4. The number of aliphatic hydroxyl groups excluding tert-OH is 1. The first-order valence-electron chi connectivity index (χ1n) is 12.4. The zero-order chi connectivity index (χ0) is 25.4. The average molecular weight is 481 g/mol. The lowest BCUT2D eigenvalue weighted by Crippen LogP contribution is -2.33. The monoisotopic (exact) mass is 480 g/mol. The molecule has 0 bridgehead atoms. The Bertz CT molecular complexity index is 1060. The standard InChI is InChI=1S/C28H36N2O5/c1-4-7-17-35-23-14-9-12-21(19-23)26(32)24-25(20-11-8-13-22(31)18-20)30(28(34)27(24)33)16-10-15-29(5-2)6-3/h8-9,11-14,18-19,25,31-32H,4-7,10,15-17H2,1-3H3/b26-24+. The highest BCUT2D eigenvalue weighted by atomic mass is 16.5. The fourth-order valence-corrected chi connectivity index (χ4v) is 4.38. The Kier molecular flexibility index (Phi) is 9.32. The summed E-state index contributed by atoms with van der Waals surface area (Å²) in [6.45, 7) is 9.77. The number of Topliss-reactive ketones (excluding diaryl/α,β-unsaturated/α-hetero) is 1. The smallest absolute Gasteiger partial charge is 0.295 e. The molecule has 1 aliphatic heterocycles. The van der Waals surface area contributed by atoms with Crippen LogP contribution < -0.4 is 4.74 Å². The molecule has 0 aliphatic carbocycles. The van der Waals surface area contributed by atoms with Crippen LogP contribution in [0.3, 0.4) is 0 Å². The molecule has 1 aliphatic rings. The number of nitrogens with zero attached hydrogens (tertiary/aromatic N) is 2. The highest BCUT2D eigenvalue weighted by Crippen LogP contribution is 2.40. The maximum atomic E-state index is 13.2. The van der Waals surface area contributed by atoms with Crippen LogP contribution in [0.5, 0.6) is 11.5 Å². The van der Waals surface area contributed by atoms with E-state index in [1.54, 1.807) is 36.4 Å². The van der Waals surface area contributed by atoms with E-state index in [0.717, 1.165) is 32.5 Å². The quantitative estimate of drug-likeness (QED) is 0.198. The van der Waals surface area contributed by atoms with Gasteiger partial charge < -0.3 is 24.7 Å². The molecule has 1 fully saturated rings. The topological polar surface area (TPSA) is 90.3 Å². The third-order valence-corrected chi connectivity index (χ3v) is 6.37. The second-order valence-corrected chi connectivity index (χ2v) is 8.70. The van der Waals surface area contributed by atoms with E-state index in [9.17, 15) is 19.8 Å². The first-order valence-corrected chi connectivity index (χ1v) is 12.4. The number of hydrogen-bond donors (Lipinski definition) is 2. The summed E-state index contributed by atoms with van der Waals surface area (Å²) in [5.41, 5.74) is 1.00. The van der Waals surface area contributed by atoms with Crippen molar-refractivity contribution in [1.29, 1.82) is 0 Å². The number of unbranched alkanes of at least 4 members (excludes halogenated alkanes) is 1. The van der Waals surface area contributed by atoms with Crippen molar-refractivity contribution in [3.8, 4) is 11.5 Å². The second-order valence-electron chi connectivity index (χ2n) is 8.70. The summed E-state index contributed by atoms with van der Waals surface area (Å²) in [6.07, 6.45) is 2.60. The molecule has 2 aromatic rings. The summed E-state index contributed by atoms with van der Waals surface area (Å²) in [6, 6.07) is 12.6. The number of aromatic hydroxyl groups is 1. The van der Waals surface area contributed by atoms with E-state index in [0.29, 0.717) is 36.4 Å². The minimum absolute atomic E-state index is 0.0224. The van der Waals surface area contributed by atoms with Gasteiger partial charge in [-0.3, -0.25) is 9.59 Å². The van der Waals surface area contributed by atoms with Crippen LogP contribution in [0.2, 0.25) is 0 Å². The van der Waals surface area contributed by atoms with Gasteiger partial charge in [-0.1, -0.05) is 51.5 Å². The molecule has 0 aromatic heterocycles. The van der Waals surface area contributed by atoms with Crippen LogP contribution in [-0.2, 0) is 9.59 Å². The fraction of sp³-hybridized carbons (Fsp3) is 0.429. The molecule has 188 valence electrons. The van der Waals surface area contributed by atoms with E-state index in [1.807, 2.05) is 0 Å². The molecule has 1 amide bonds. The van der Waals surface area contributed by atoms with E-state index in [-0.39, 0.29) is 17.1 Å². The van der Waals surface area contributed by atoms with Gasteiger partial charge >= 0.3 is 0 Å². The van der Waals surface area contributed by atoms with E-state index < -0.39 is 17.7 Å². The van der Waals surface area contributed by atoms with Crippen molar-refractivity contribution in [2.24, 2.45) is 0 Å². The highest BCUT2D eigenvalue weighted by molar-refractivity contribution is 6.46. The number of carbonyl (C=O) groups excluding carboxylic acids is 2. The Morgan fingerprint density at radius 2 is 1.77 bits per heavy atom. The van der Waals surface area contributed by atoms with Crippen LogP contribution in [0.25, 0.3) is 5.76 Å². The summed E-state index contributed by atoms with van der Waals surface area (Å²) in [4.78, 5) is 30.1. The summed E-state index contributed by atoms with van der Waals surface area (Å²) in [5, 5.41) is 21.4. The zero-order valence-electron chi connectivity index (χ0n) is 20.9. The van der Waals surface area contributed by atoms with E-state index in [2.05, 4.69) is 25.7 Å². The second kappa shape index (κ2) is 12.4. The van der Waals surface area contributed by atoms with E-state index in [4.69, 9.17) is 4.74 Å². The third-order valence-electron chi connectivity index (χ3n) is 6.37. The van der Waals surface area contributed by atoms with Gasteiger partial charge in [0.15, 0.2) is 0 Å². The molecule has 2 aromatic carbocycles. The number of likely N-dealkylation sites (tertiary alicyclic amines) is 1. The van der Waals surface area contributed by atoms with Crippen molar-refractivity contribution in [2.75, 3.05) is 32.8 Å². The number of ether oxygens (including phenoxy) is 1. The summed E-state index contributed by atoms with van der Waals surface area (Å²) < 4.78 is 5.76. The van der Waals surface area contributed by atoms with Gasteiger partial charge in [-0.05, 0) is 62.3 Å². The Balaban J connectivity index is 1.99. The number of aliphatic hydroxyl groups is 1. The van der Waals surface area contributed by atoms with Crippen molar-refractivity contribution >= 4 is 17.4 Å². The number of ketones is 1. The zero-order valence-corrected chi connectivity index (χ0v) is 20.9. The van der Waals surface area contributed by atoms with Gasteiger partial charge in [-0.25, -0.2) is 0 Å². The molecule has 3 rings (SSSR count). The maximum Gasteiger partial charge on any atom is 0.295 e. The van der Waals surface area contributed by atoms with E-state index >= 15 is 0 Å². The van der Waals surface area contributed by atoms with Crippen molar-refractivity contribution in [2.45, 2.75) is 46.1 Å². The van der Waals surface area contributed by atoms with Gasteiger partial charge in [0.25, 0.3) is 11.7 Å². The molecule has 7 nitrogen and oxygen atoms in total. The molecule has 0 saturated carbocycles. The Labute approximate surface area is 207 Å². The minimum atomic E-state index is -0.788. The van der Waals surface area contributed by atoms with Crippen LogP contribution in [0.4, 0.5) is 0 Å². The Morgan fingerprint density at radius 1 is 1.03 bits per heavy atom. The summed E-state index contributed by atoms with van der Waals surface area (Å²) in [5.74, 6) is -0.998. The van der Waals surface area contributed by atoms with Gasteiger partial charge in [0.2, 0.25) is 0 Å². The lowest BCUT2D eigenvalue weighted by Gasteiger charge is -2.27. The van der Waals surface area contributed by atoms with Crippen molar-refractivity contribution in [3.05, 3.63) is 65.2 Å². The highest BCUT2D eigenvalue weighted by Gasteiger charge is 2.45. The maximum absolute atomic E-state index is 13.2. The number of phenolic OH excluding ortho intramolecular Hbond substituents is 1. The lowest BCUT2D eigenvalue weighted by atomic mass is 9.95. The molecule has 1 atom stereocenters. The number of hydrogen-bond acceptors (Lipinski definition) is 6. The van der Waals surface area contributed by atoms with Crippen molar-refractivity contribution < 1.29 is 24.5 Å². The van der Waals surface area contributed by atoms with Gasteiger partial charge in [0.1, 0.15) is 17.3 Å². The van der Waals surface area contributed by atoms with E-state index in [1.165, 1.54) is 17.0 Å². The van der Waals surface area contributed by atoms with Crippen molar-refractivity contribution in [3.63, 3.8) is 0 Å². The Hall–Kier alpha value is -3.32. The number of rotatable bonds is 12. The predicted octanol–water partition coefficient (Wildman–Crippen LogP) is 4.72. The van der Waals surface area contributed by atoms with Crippen LogP contribution in [0, 0.1) is 0 Å². The fourth-order valence-electron chi connectivity index (χ4n) is 4.38. The predicted molar refractivity (Wildman–Crippen MR) is 136 cm³/mol. The molecular formula is C28H36N2O5. The van der Waals surface area contributed by atoms with Crippen molar-refractivity contribution in [1.82, 2.24) is 9.80 Å². The third kappa shape index (κ3) is 6.22. The van der Waals surface area contributed by atoms with Gasteiger partial charge in [0, 0.05) is 12.1 Å². The lowest BCUT2D eigenvalue weighted by molar-refractivity contribution is -0.140. The molecule has 35 heavy (non-hydrogen) atoms. The Morgan fingerprint density at radius 3 is 2.46 bits per heavy atom. The molecule has 7 heteroatoms. The van der Waals surface area contributed by atoms with Crippen LogP contribution in [0.1, 0.15) is 57.2 Å². The van der Waals surface area contributed by atoms with Gasteiger partial charge in [0.05, 0.1) is 18.2 Å². The van der Waals surface area contributed by atoms with Crippen LogP contribution in [0.15, 0.2) is 54.1 Å². The molecule has 1 unspecified atom stereocenters. The number of phenols is 1. The van der Waals surface area contributed by atoms with Crippen LogP contribution >= 0.6 is 0 Å². The summed E-state index contributed by atoms with van der Waals surface area (Å²) >= 11 is 0. The number of benzene rings is 2. The molecule has 1 saturated heterocycles. The molecule has 0 spiro atoms. The van der Waals surface area contributed by atoms with Gasteiger partial charge in [-0.15, -0.1) is 0 Å². The summed E-state index contributed by atoms with van der Waals surface area (Å²) in [7, 11) is 0. The van der Waals surface area contributed by atoms with Crippen LogP contribution in [-0.4, -0.2) is 64.5 Å². The van der Waals surface area contributed by atoms with Gasteiger partial charge in [-0.2, -0.15) is 0 Å². The first kappa shape index (κ1) is 26.3.